The number of methoxy groups -OCH3 is 1. The number of nitrogens with zero attached hydrogens (tertiary/aromatic N) is 1. The van der Waals surface area contributed by atoms with Gasteiger partial charge in [-0.25, -0.2) is 9.59 Å². The fraction of sp³-hybridized carbons (Fsp3) is 0.722. The van der Waals surface area contributed by atoms with E-state index in [-0.39, 0.29) is 25.8 Å². The van der Waals surface area contributed by atoms with Gasteiger partial charge in [0.15, 0.2) is 0 Å². The molecule has 0 atom stereocenters. The predicted molar refractivity (Wildman–Crippen MR) is 96.8 cm³/mol. The van der Waals surface area contributed by atoms with Gasteiger partial charge in [-0.3, -0.25) is 4.79 Å². The first kappa shape index (κ1) is 25.0. The zero-order chi connectivity index (χ0) is 20.5. The van der Waals surface area contributed by atoms with Crippen molar-refractivity contribution in [3.63, 3.8) is 0 Å². The van der Waals surface area contributed by atoms with Crippen LogP contribution in [0.25, 0.3) is 0 Å². The Balaban J connectivity index is 3.40. The van der Waals surface area contributed by atoms with E-state index in [1.54, 1.807) is 0 Å². The van der Waals surface area contributed by atoms with Crippen LogP contribution in [0.5, 0.6) is 0 Å². The molecule has 0 aliphatic carbocycles. The highest BCUT2D eigenvalue weighted by molar-refractivity contribution is 5.91. The van der Waals surface area contributed by atoms with Gasteiger partial charge in [-0.05, 0) is 0 Å². The fourth-order valence-electron chi connectivity index (χ4n) is 1.76. The topological polar surface area (TPSA) is 97.4 Å². The minimum Gasteiger partial charge on any atom is -0.466 e. The zero-order valence-corrected chi connectivity index (χ0v) is 16.7. The van der Waals surface area contributed by atoms with Crippen LogP contribution in [0, 0.1) is 0 Å². The van der Waals surface area contributed by atoms with Crippen LogP contribution in [0.2, 0.25) is 0 Å². The van der Waals surface area contributed by atoms with E-state index in [1.807, 2.05) is 0 Å². The van der Waals surface area contributed by atoms with Gasteiger partial charge >= 0.3 is 17.9 Å². The molecule has 9 heteroatoms. The number of ether oxygens (including phenoxy) is 5. The summed E-state index contributed by atoms with van der Waals surface area (Å²) in [7, 11) is 7.44. The molecule has 0 amide bonds. The van der Waals surface area contributed by atoms with Crippen LogP contribution in [-0.4, -0.2) is 96.8 Å². The van der Waals surface area contributed by atoms with E-state index in [9.17, 15) is 14.4 Å². The maximum absolute atomic E-state index is 11.5. The first-order chi connectivity index (χ1) is 12.7. The molecular weight excluding hydrogens is 358 g/mol. The van der Waals surface area contributed by atoms with Crippen molar-refractivity contribution >= 4 is 17.9 Å². The Kier molecular flexibility index (Phi) is 14.0. The Bertz CT molecular complexity index is 470. The fourth-order valence-corrected chi connectivity index (χ4v) is 1.76. The number of rotatable bonds is 15. The molecule has 0 saturated carbocycles. The molecule has 0 aliphatic heterocycles. The molecule has 0 unspecified atom stereocenters. The summed E-state index contributed by atoms with van der Waals surface area (Å²) in [5, 5.41) is 0. The molecule has 0 aliphatic rings. The number of hydrogen-bond donors (Lipinski definition) is 0. The van der Waals surface area contributed by atoms with E-state index in [4.69, 9.17) is 18.9 Å². The normalized spacial score (nSPS) is 11.4. The van der Waals surface area contributed by atoms with Crippen LogP contribution in [0.15, 0.2) is 12.2 Å². The van der Waals surface area contributed by atoms with E-state index in [1.165, 1.54) is 7.11 Å². The third-order valence-corrected chi connectivity index (χ3v) is 3.10. The van der Waals surface area contributed by atoms with Crippen molar-refractivity contribution in [2.75, 3.05) is 74.4 Å². The van der Waals surface area contributed by atoms with Crippen LogP contribution in [0.4, 0.5) is 0 Å². The summed E-state index contributed by atoms with van der Waals surface area (Å²) in [4.78, 5) is 33.5. The van der Waals surface area contributed by atoms with E-state index in [2.05, 4.69) is 25.9 Å². The zero-order valence-electron chi connectivity index (χ0n) is 16.7. The van der Waals surface area contributed by atoms with Gasteiger partial charge in [0, 0.05) is 18.6 Å². The number of carbonyl (C=O) groups is 3. The lowest BCUT2D eigenvalue weighted by Crippen LogP contribution is -2.35. The maximum Gasteiger partial charge on any atom is 0.331 e. The lowest BCUT2D eigenvalue weighted by atomic mass is 10.3. The molecule has 0 radical (unpaired) electrons. The van der Waals surface area contributed by atoms with Gasteiger partial charge < -0.3 is 28.2 Å². The molecule has 0 aromatic rings. The Morgan fingerprint density at radius 3 is 1.85 bits per heavy atom. The van der Waals surface area contributed by atoms with Gasteiger partial charge in [0.25, 0.3) is 0 Å². The van der Waals surface area contributed by atoms with Gasteiger partial charge in [0.05, 0.1) is 67.6 Å². The molecule has 0 bridgehead atoms. The summed E-state index contributed by atoms with van der Waals surface area (Å²) in [5.41, 5.74) is 0. The molecule has 9 nitrogen and oxygen atoms in total. The van der Waals surface area contributed by atoms with E-state index in [0.29, 0.717) is 26.2 Å². The average molecular weight is 390 g/mol. The minimum absolute atomic E-state index is 0.0647. The Morgan fingerprint density at radius 2 is 1.30 bits per heavy atom. The summed E-state index contributed by atoms with van der Waals surface area (Å²) in [6.45, 7) is 2.38. The van der Waals surface area contributed by atoms with E-state index < -0.39 is 11.9 Å². The lowest BCUT2D eigenvalue weighted by molar-refractivity contribution is -0.870. The first-order valence-electron chi connectivity index (χ1n) is 8.79. The van der Waals surface area contributed by atoms with E-state index in [0.717, 1.165) is 29.6 Å². The lowest BCUT2D eigenvalue weighted by Gasteiger charge is -2.23. The largest absolute Gasteiger partial charge is 0.466 e. The molecule has 0 spiro atoms. The van der Waals surface area contributed by atoms with Crippen LogP contribution in [-0.2, 0) is 38.1 Å². The second kappa shape index (κ2) is 15.1. The van der Waals surface area contributed by atoms with Crippen LogP contribution < -0.4 is 0 Å². The van der Waals surface area contributed by atoms with Crippen LogP contribution in [0.1, 0.15) is 12.8 Å². The number of hydrogen-bond acceptors (Lipinski definition) is 8. The summed E-state index contributed by atoms with van der Waals surface area (Å²) < 4.78 is 25.5. The molecular formula is C18H32NO8+. The highest BCUT2D eigenvalue weighted by Gasteiger charge is 2.09. The van der Waals surface area contributed by atoms with Gasteiger partial charge in [-0.1, -0.05) is 0 Å². The molecule has 0 aromatic carbocycles. The van der Waals surface area contributed by atoms with Crippen molar-refractivity contribution in [1.29, 1.82) is 0 Å². The van der Waals surface area contributed by atoms with Gasteiger partial charge in [-0.2, -0.15) is 0 Å². The molecule has 0 N–H and O–H groups in total. The smallest absolute Gasteiger partial charge is 0.331 e. The first-order valence-corrected chi connectivity index (χ1v) is 8.79. The minimum atomic E-state index is -0.650. The quantitative estimate of drug-likeness (QED) is 0.130. The number of carbonyl (C=O) groups excluding carboxylic acids is 3. The molecule has 156 valence electrons. The number of quaternary nitrogens is 1. The van der Waals surface area contributed by atoms with Crippen molar-refractivity contribution in [2.45, 2.75) is 12.8 Å². The third kappa shape index (κ3) is 18.6. The second-order valence-electron chi connectivity index (χ2n) is 6.59. The average Bonchev–Trinajstić information content (AvgIpc) is 2.60. The Morgan fingerprint density at radius 1 is 0.778 bits per heavy atom. The van der Waals surface area contributed by atoms with Crippen molar-refractivity contribution in [1.82, 2.24) is 0 Å². The van der Waals surface area contributed by atoms with Crippen LogP contribution >= 0.6 is 0 Å². The Labute approximate surface area is 160 Å². The summed E-state index contributed by atoms with van der Waals surface area (Å²) in [6.07, 6.45) is 3.17. The monoisotopic (exact) mass is 390 g/mol. The summed E-state index contributed by atoms with van der Waals surface area (Å²) in [6, 6.07) is 0. The van der Waals surface area contributed by atoms with Crippen LogP contribution in [0.3, 0.4) is 0 Å². The highest BCUT2D eigenvalue weighted by Crippen LogP contribution is 1.99. The second-order valence-corrected chi connectivity index (χ2v) is 6.59. The highest BCUT2D eigenvalue weighted by atomic mass is 16.6. The third-order valence-electron chi connectivity index (χ3n) is 3.10. The molecule has 0 aromatic heterocycles. The summed E-state index contributed by atoms with van der Waals surface area (Å²) >= 11 is 0. The van der Waals surface area contributed by atoms with Gasteiger partial charge in [0.1, 0.15) is 13.2 Å². The predicted octanol–water partition coefficient (Wildman–Crippen LogP) is 0.322. The van der Waals surface area contributed by atoms with E-state index >= 15 is 0 Å². The maximum atomic E-state index is 11.5. The van der Waals surface area contributed by atoms with Crippen molar-refractivity contribution in [2.24, 2.45) is 0 Å². The molecule has 0 fully saturated rings. The van der Waals surface area contributed by atoms with Gasteiger partial charge in [0.2, 0.25) is 0 Å². The molecule has 0 saturated heterocycles. The summed E-state index contributed by atoms with van der Waals surface area (Å²) in [5.74, 6) is -1.50. The number of esters is 3. The van der Waals surface area contributed by atoms with Crippen molar-refractivity contribution in [3.8, 4) is 0 Å². The standard InChI is InChI=1S/C18H32NO8/c1-19(2,3)9-5-6-17(21)26-14-12-24-10-11-25-13-15-27-18(22)8-7-16(20)23-4/h7-8H,5-6,9-15H2,1-4H3/q+1/b8-7+. The Hall–Kier alpha value is -1.97. The molecule has 0 heterocycles. The van der Waals surface area contributed by atoms with Gasteiger partial charge in [-0.15, -0.1) is 0 Å². The molecule has 0 rings (SSSR count). The molecule has 27 heavy (non-hydrogen) atoms. The van der Waals surface area contributed by atoms with Crippen molar-refractivity contribution in [3.05, 3.63) is 12.2 Å². The van der Waals surface area contributed by atoms with Crippen molar-refractivity contribution < 1.29 is 42.6 Å². The SMILES string of the molecule is COC(=O)/C=C/C(=O)OCCOCCOCCOC(=O)CCC[N+](C)(C)C.